The molecule has 2 aromatic rings. The minimum atomic E-state index is 0.0108. The van der Waals surface area contributed by atoms with Crippen LogP contribution in [-0.4, -0.2) is 12.5 Å². The molecule has 0 atom stereocenters. The lowest BCUT2D eigenvalue weighted by molar-refractivity contribution is -0.116. The van der Waals surface area contributed by atoms with Crippen LogP contribution in [0.2, 0.25) is 0 Å². The predicted molar refractivity (Wildman–Crippen MR) is 88.7 cm³/mol. The summed E-state index contributed by atoms with van der Waals surface area (Å²) in [5, 5.41) is 2.87. The fraction of sp³-hybridized carbons (Fsp3) is 0.235. The Morgan fingerprint density at radius 1 is 1.19 bits per heavy atom. The van der Waals surface area contributed by atoms with Gasteiger partial charge in [-0.3, -0.25) is 4.79 Å². The van der Waals surface area contributed by atoms with Crippen molar-refractivity contribution < 1.29 is 9.53 Å². The number of anilines is 1. The standard InChI is InChI=1S/C17H18BrNO2/c1-13-7-9-15(10-8-13)19-17(20)6-3-11-21-16-5-2-4-14(18)12-16/h2,4-5,7-10,12H,3,6,11H2,1H3,(H,19,20). The number of hydrogen-bond acceptors (Lipinski definition) is 2. The maximum absolute atomic E-state index is 11.8. The number of aryl methyl sites for hydroxylation is 1. The molecule has 0 radical (unpaired) electrons. The van der Waals surface area contributed by atoms with E-state index in [0.29, 0.717) is 19.4 Å². The molecule has 21 heavy (non-hydrogen) atoms. The van der Waals surface area contributed by atoms with E-state index in [2.05, 4.69) is 21.2 Å². The second-order valence-corrected chi connectivity index (χ2v) is 5.74. The average molecular weight is 348 g/mol. The van der Waals surface area contributed by atoms with Crippen molar-refractivity contribution in [2.75, 3.05) is 11.9 Å². The molecule has 0 spiro atoms. The van der Waals surface area contributed by atoms with E-state index in [4.69, 9.17) is 4.74 Å². The Kier molecular flexibility index (Phi) is 5.81. The zero-order valence-corrected chi connectivity index (χ0v) is 13.5. The van der Waals surface area contributed by atoms with Crippen LogP contribution in [0.15, 0.2) is 53.0 Å². The second kappa shape index (κ2) is 7.84. The molecule has 0 heterocycles. The summed E-state index contributed by atoms with van der Waals surface area (Å²) in [5.41, 5.74) is 2.01. The normalized spacial score (nSPS) is 10.2. The first-order valence-electron chi connectivity index (χ1n) is 6.88. The smallest absolute Gasteiger partial charge is 0.224 e. The van der Waals surface area contributed by atoms with Crippen molar-refractivity contribution in [1.29, 1.82) is 0 Å². The van der Waals surface area contributed by atoms with E-state index in [1.165, 1.54) is 5.56 Å². The third kappa shape index (κ3) is 5.60. The van der Waals surface area contributed by atoms with Crippen molar-refractivity contribution in [2.24, 2.45) is 0 Å². The number of amides is 1. The van der Waals surface area contributed by atoms with Crippen LogP contribution in [0.1, 0.15) is 18.4 Å². The molecule has 0 saturated carbocycles. The van der Waals surface area contributed by atoms with Gasteiger partial charge in [0.2, 0.25) is 5.91 Å². The maximum atomic E-state index is 11.8. The van der Waals surface area contributed by atoms with Crippen molar-refractivity contribution in [2.45, 2.75) is 19.8 Å². The van der Waals surface area contributed by atoms with Crippen molar-refractivity contribution in [3.05, 3.63) is 58.6 Å². The Morgan fingerprint density at radius 2 is 1.95 bits per heavy atom. The Bertz CT molecular complexity index is 596. The molecule has 1 amide bonds. The summed E-state index contributed by atoms with van der Waals surface area (Å²) in [4.78, 5) is 11.8. The molecule has 1 N–H and O–H groups in total. The monoisotopic (exact) mass is 347 g/mol. The maximum Gasteiger partial charge on any atom is 0.224 e. The Labute approximate surface area is 133 Å². The molecule has 110 valence electrons. The summed E-state index contributed by atoms with van der Waals surface area (Å²) in [7, 11) is 0. The number of benzene rings is 2. The van der Waals surface area contributed by atoms with Gasteiger partial charge in [0, 0.05) is 16.6 Å². The lowest BCUT2D eigenvalue weighted by Crippen LogP contribution is -2.12. The molecule has 0 aliphatic carbocycles. The van der Waals surface area contributed by atoms with E-state index < -0.39 is 0 Å². The minimum Gasteiger partial charge on any atom is -0.494 e. The lowest BCUT2D eigenvalue weighted by atomic mass is 10.2. The zero-order chi connectivity index (χ0) is 15.1. The number of nitrogens with one attached hydrogen (secondary N) is 1. The van der Waals surface area contributed by atoms with E-state index in [1.807, 2.05) is 55.5 Å². The molecule has 2 rings (SSSR count). The van der Waals surface area contributed by atoms with Crippen LogP contribution in [0.3, 0.4) is 0 Å². The van der Waals surface area contributed by atoms with Gasteiger partial charge in [-0.25, -0.2) is 0 Å². The first-order valence-corrected chi connectivity index (χ1v) is 7.68. The number of hydrogen-bond donors (Lipinski definition) is 1. The van der Waals surface area contributed by atoms with Crippen LogP contribution in [0.4, 0.5) is 5.69 Å². The highest BCUT2D eigenvalue weighted by Crippen LogP contribution is 2.18. The fourth-order valence-corrected chi connectivity index (χ4v) is 2.22. The Morgan fingerprint density at radius 3 is 2.67 bits per heavy atom. The average Bonchev–Trinajstić information content (AvgIpc) is 2.46. The van der Waals surface area contributed by atoms with Gasteiger partial charge < -0.3 is 10.1 Å². The highest BCUT2D eigenvalue weighted by Gasteiger charge is 2.02. The SMILES string of the molecule is Cc1ccc(NC(=O)CCCOc2cccc(Br)c2)cc1. The highest BCUT2D eigenvalue weighted by molar-refractivity contribution is 9.10. The van der Waals surface area contributed by atoms with Gasteiger partial charge in [-0.05, 0) is 43.7 Å². The number of ether oxygens (including phenoxy) is 1. The predicted octanol–water partition coefficient (Wildman–Crippen LogP) is 4.56. The summed E-state index contributed by atoms with van der Waals surface area (Å²) in [6.07, 6.45) is 1.13. The van der Waals surface area contributed by atoms with Crippen LogP contribution in [0, 0.1) is 6.92 Å². The largest absolute Gasteiger partial charge is 0.494 e. The van der Waals surface area contributed by atoms with E-state index in [-0.39, 0.29) is 5.91 Å². The summed E-state index contributed by atoms with van der Waals surface area (Å²) >= 11 is 3.39. The molecule has 0 aromatic heterocycles. The van der Waals surface area contributed by atoms with Crippen molar-refractivity contribution in [3.63, 3.8) is 0 Å². The van der Waals surface area contributed by atoms with Crippen molar-refractivity contribution in [1.82, 2.24) is 0 Å². The van der Waals surface area contributed by atoms with E-state index in [1.54, 1.807) is 0 Å². The Hall–Kier alpha value is -1.81. The third-order valence-corrected chi connectivity index (χ3v) is 3.44. The van der Waals surface area contributed by atoms with Crippen LogP contribution in [0.25, 0.3) is 0 Å². The van der Waals surface area contributed by atoms with Crippen molar-refractivity contribution >= 4 is 27.5 Å². The summed E-state index contributed by atoms with van der Waals surface area (Å²) < 4.78 is 6.58. The first-order chi connectivity index (χ1) is 10.1. The molecule has 4 heteroatoms. The fourth-order valence-electron chi connectivity index (χ4n) is 1.84. The summed E-state index contributed by atoms with van der Waals surface area (Å²) in [5.74, 6) is 0.819. The number of halogens is 1. The number of carbonyl (C=O) groups excluding carboxylic acids is 1. The quantitative estimate of drug-likeness (QED) is 0.778. The molecule has 0 fully saturated rings. The Balaban J connectivity index is 1.68. The molecule has 0 bridgehead atoms. The molecule has 2 aromatic carbocycles. The van der Waals surface area contributed by atoms with E-state index in [9.17, 15) is 4.79 Å². The van der Waals surface area contributed by atoms with Crippen LogP contribution >= 0.6 is 15.9 Å². The molecule has 0 aliphatic heterocycles. The van der Waals surface area contributed by atoms with Gasteiger partial charge >= 0.3 is 0 Å². The molecule has 0 unspecified atom stereocenters. The lowest BCUT2D eigenvalue weighted by Gasteiger charge is -2.07. The van der Waals surface area contributed by atoms with Crippen molar-refractivity contribution in [3.8, 4) is 5.75 Å². The second-order valence-electron chi connectivity index (χ2n) is 4.82. The molecule has 3 nitrogen and oxygen atoms in total. The third-order valence-electron chi connectivity index (χ3n) is 2.95. The van der Waals surface area contributed by atoms with E-state index in [0.717, 1.165) is 15.9 Å². The van der Waals surface area contributed by atoms with Gasteiger partial charge in [0.15, 0.2) is 0 Å². The number of rotatable bonds is 6. The topological polar surface area (TPSA) is 38.3 Å². The zero-order valence-electron chi connectivity index (χ0n) is 11.9. The first kappa shape index (κ1) is 15.6. The van der Waals surface area contributed by atoms with Crippen LogP contribution in [-0.2, 0) is 4.79 Å². The summed E-state index contributed by atoms with van der Waals surface area (Å²) in [6, 6.07) is 15.4. The van der Waals surface area contributed by atoms with Gasteiger partial charge in [-0.1, -0.05) is 39.7 Å². The molecular weight excluding hydrogens is 330 g/mol. The molecular formula is C17H18BrNO2. The van der Waals surface area contributed by atoms with E-state index >= 15 is 0 Å². The van der Waals surface area contributed by atoms with Gasteiger partial charge in [0.1, 0.15) is 5.75 Å². The van der Waals surface area contributed by atoms with Crippen LogP contribution < -0.4 is 10.1 Å². The minimum absolute atomic E-state index is 0.0108. The summed E-state index contributed by atoms with van der Waals surface area (Å²) in [6.45, 7) is 2.54. The number of carbonyl (C=O) groups is 1. The van der Waals surface area contributed by atoms with Gasteiger partial charge in [0.05, 0.1) is 6.61 Å². The van der Waals surface area contributed by atoms with Gasteiger partial charge in [-0.15, -0.1) is 0 Å². The highest BCUT2D eigenvalue weighted by atomic mass is 79.9. The van der Waals surface area contributed by atoms with Gasteiger partial charge in [0.25, 0.3) is 0 Å². The van der Waals surface area contributed by atoms with Crippen LogP contribution in [0.5, 0.6) is 5.75 Å². The van der Waals surface area contributed by atoms with Gasteiger partial charge in [-0.2, -0.15) is 0 Å². The molecule has 0 aliphatic rings. The molecule has 0 saturated heterocycles.